The third-order valence-electron chi connectivity index (χ3n) is 2.16. The van der Waals surface area contributed by atoms with E-state index >= 15 is 0 Å². The van der Waals surface area contributed by atoms with Crippen molar-refractivity contribution in [3.05, 3.63) is 18.2 Å². The van der Waals surface area contributed by atoms with Gasteiger partial charge in [0.25, 0.3) is 0 Å². The highest BCUT2D eigenvalue weighted by molar-refractivity contribution is 9.09. The van der Waals surface area contributed by atoms with Gasteiger partial charge in [0, 0.05) is 23.8 Å². The summed E-state index contributed by atoms with van der Waals surface area (Å²) in [7, 11) is 0. The van der Waals surface area contributed by atoms with Crippen molar-refractivity contribution in [3.8, 4) is 0 Å². The predicted molar refractivity (Wildman–Crippen MR) is 59.2 cm³/mol. The fourth-order valence-electron chi connectivity index (χ4n) is 1.32. The molecule has 0 radical (unpaired) electrons. The van der Waals surface area contributed by atoms with Crippen molar-refractivity contribution in [1.82, 2.24) is 9.55 Å². The molecule has 0 aliphatic heterocycles. The van der Waals surface area contributed by atoms with Crippen LogP contribution in [0.25, 0.3) is 0 Å². The fourth-order valence-corrected chi connectivity index (χ4v) is 1.52. The average molecular weight is 245 g/mol. The Hall–Kier alpha value is -0.310. The molecule has 3 heteroatoms. The average Bonchev–Trinajstić information content (AvgIpc) is 2.51. The van der Waals surface area contributed by atoms with Crippen LogP contribution in [0.1, 0.15) is 26.5 Å². The summed E-state index contributed by atoms with van der Waals surface area (Å²) in [5.74, 6) is 0. The number of imidazole rings is 1. The van der Waals surface area contributed by atoms with Crippen molar-refractivity contribution in [2.24, 2.45) is 5.41 Å². The van der Waals surface area contributed by atoms with Gasteiger partial charge >= 0.3 is 0 Å². The summed E-state index contributed by atoms with van der Waals surface area (Å²) in [6.45, 7) is 7.67. The Bertz CT molecular complexity index is 266. The Morgan fingerprint density at radius 2 is 2.23 bits per heavy atom. The molecule has 0 aliphatic carbocycles. The maximum absolute atomic E-state index is 4.16. The predicted octanol–water partition coefficient (Wildman–Crippen LogP) is 2.87. The van der Waals surface area contributed by atoms with Crippen LogP contribution in [0.5, 0.6) is 0 Å². The van der Waals surface area contributed by atoms with E-state index in [4.69, 9.17) is 0 Å². The lowest BCUT2D eigenvalue weighted by Gasteiger charge is -2.21. The molecule has 0 bridgehead atoms. The van der Waals surface area contributed by atoms with Crippen molar-refractivity contribution in [3.63, 3.8) is 0 Å². The molecule has 0 atom stereocenters. The van der Waals surface area contributed by atoms with Crippen molar-refractivity contribution in [2.45, 2.75) is 33.7 Å². The van der Waals surface area contributed by atoms with E-state index in [1.807, 2.05) is 12.5 Å². The van der Waals surface area contributed by atoms with Gasteiger partial charge in [-0.3, -0.25) is 0 Å². The van der Waals surface area contributed by atoms with Crippen LogP contribution in [0.2, 0.25) is 0 Å². The maximum atomic E-state index is 4.16. The van der Waals surface area contributed by atoms with E-state index in [-0.39, 0.29) is 0 Å². The van der Waals surface area contributed by atoms with Gasteiger partial charge in [-0.05, 0) is 18.8 Å². The first-order valence-electron chi connectivity index (χ1n) is 4.64. The van der Waals surface area contributed by atoms with E-state index in [9.17, 15) is 0 Å². The van der Waals surface area contributed by atoms with Crippen LogP contribution in [0.4, 0.5) is 0 Å². The van der Waals surface area contributed by atoms with Gasteiger partial charge in [-0.2, -0.15) is 0 Å². The highest BCUT2D eigenvalue weighted by atomic mass is 79.9. The first kappa shape index (κ1) is 10.8. The molecule has 1 heterocycles. The second kappa shape index (κ2) is 4.27. The monoisotopic (exact) mass is 244 g/mol. The standard InChI is InChI=1S/C10H17BrN2/c1-4-13-8-12-6-9(13)5-10(2,3)7-11/h6,8H,4-5,7H2,1-3H3. The van der Waals surface area contributed by atoms with Crippen molar-refractivity contribution in [2.75, 3.05) is 5.33 Å². The van der Waals surface area contributed by atoms with E-state index in [0.717, 1.165) is 18.3 Å². The van der Waals surface area contributed by atoms with Crippen LogP contribution in [0, 0.1) is 5.41 Å². The molecule has 0 unspecified atom stereocenters. The molecule has 0 saturated carbocycles. The minimum atomic E-state index is 0.312. The lowest BCUT2D eigenvalue weighted by atomic mass is 9.90. The van der Waals surface area contributed by atoms with Gasteiger partial charge in [0.15, 0.2) is 0 Å². The zero-order valence-electron chi connectivity index (χ0n) is 8.55. The Kier molecular flexibility index (Phi) is 3.54. The molecule has 0 aromatic carbocycles. The normalized spacial score (nSPS) is 12.0. The van der Waals surface area contributed by atoms with Gasteiger partial charge < -0.3 is 4.57 Å². The van der Waals surface area contributed by atoms with Gasteiger partial charge in [-0.25, -0.2) is 4.98 Å². The molecule has 13 heavy (non-hydrogen) atoms. The Morgan fingerprint density at radius 3 is 2.77 bits per heavy atom. The molecule has 0 amide bonds. The lowest BCUT2D eigenvalue weighted by molar-refractivity contribution is 0.411. The van der Waals surface area contributed by atoms with Crippen LogP contribution in [-0.4, -0.2) is 14.9 Å². The largest absolute Gasteiger partial charge is 0.335 e. The number of alkyl halides is 1. The second-order valence-corrected chi connectivity index (χ2v) is 4.71. The van der Waals surface area contributed by atoms with Crippen molar-refractivity contribution in [1.29, 1.82) is 0 Å². The molecule has 1 aromatic heterocycles. The van der Waals surface area contributed by atoms with Crippen molar-refractivity contribution < 1.29 is 0 Å². The van der Waals surface area contributed by atoms with Crippen LogP contribution in [0.15, 0.2) is 12.5 Å². The molecule has 1 aromatic rings. The number of hydrogen-bond donors (Lipinski definition) is 0. The summed E-state index contributed by atoms with van der Waals surface area (Å²) < 4.78 is 2.20. The number of rotatable bonds is 4. The van der Waals surface area contributed by atoms with Gasteiger partial charge in [-0.1, -0.05) is 29.8 Å². The molecule has 0 fully saturated rings. The first-order valence-corrected chi connectivity index (χ1v) is 5.76. The summed E-state index contributed by atoms with van der Waals surface area (Å²) in [5.41, 5.74) is 1.64. The summed E-state index contributed by atoms with van der Waals surface area (Å²) in [5, 5.41) is 1.02. The molecular formula is C10H17BrN2. The number of nitrogens with zero attached hydrogens (tertiary/aromatic N) is 2. The summed E-state index contributed by atoms with van der Waals surface area (Å²) >= 11 is 3.53. The van der Waals surface area contributed by atoms with Gasteiger partial charge in [0.1, 0.15) is 0 Å². The summed E-state index contributed by atoms with van der Waals surface area (Å²) in [6.07, 6.45) is 4.94. The van der Waals surface area contributed by atoms with Crippen LogP contribution >= 0.6 is 15.9 Å². The third-order valence-corrected chi connectivity index (χ3v) is 3.68. The SMILES string of the molecule is CCn1cncc1CC(C)(C)CBr. The molecule has 0 saturated heterocycles. The molecule has 0 N–H and O–H groups in total. The molecule has 74 valence electrons. The van der Waals surface area contributed by atoms with E-state index in [1.165, 1.54) is 5.69 Å². The van der Waals surface area contributed by atoms with E-state index in [1.54, 1.807) is 0 Å². The Balaban J connectivity index is 2.73. The van der Waals surface area contributed by atoms with Gasteiger partial charge in [0.2, 0.25) is 0 Å². The molecule has 2 nitrogen and oxygen atoms in total. The Labute approximate surface area is 88.5 Å². The van der Waals surface area contributed by atoms with Gasteiger partial charge in [-0.15, -0.1) is 0 Å². The number of aryl methyl sites for hydroxylation is 1. The highest BCUT2D eigenvalue weighted by Gasteiger charge is 2.18. The second-order valence-electron chi connectivity index (χ2n) is 4.15. The van der Waals surface area contributed by atoms with Crippen LogP contribution < -0.4 is 0 Å². The third kappa shape index (κ3) is 2.83. The number of halogens is 1. The zero-order valence-corrected chi connectivity index (χ0v) is 10.1. The summed E-state index contributed by atoms with van der Waals surface area (Å²) in [6, 6.07) is 0. The van der Waals surface area contributed by atoms with E-state index in [2.05, 4.69) is 46.3 Å². The molecule has 0 spiro atoms. The maximum Gasteiger partial charge on any atom is 0.0948 e. The van der Waals surface area contributed by atoms with Crippen LogP contribution in [-0.2, 0) is 13.0 Å². The zero-order chi connectivity index (χ0) is 9.90. The lowest BCUT2D eigenvalue weighted by Crippen LogP contribution is -2.18. The smallest absolute Gasteiger partial charge is 0.0948 e. The van der Waals surface area contributed by atoms with Gasteiger partial charge in [0.05, 0.1) is 6.33 Å². The minimum absolute atomic E-state index is 0.312. The first-order chi connectivity index (χ1) is 6.09. The minimum Gasteiger partial charge on any atom is -0.335 e. The van der Waals surface area contributed by atoms with E-state index in [0.29, 0.717) is 5.41 Å². The highest BCUT2D eigenvalue weighted by Crippen LogP contribution is 2.23. The quantitative estimate of drug-likeness (QED) is 0.746. The van der Waals surface area contributed by atoms with E-state index < -0.39 is 0 Å². The van der Waals surface area contributed by atoms with Crippen LogP contribution in [0.3, 0.4) is 0 Å². The van der Waals surface area contributed by atoms with Crippen molar-refractivity contribution >= 4 is 15.9 Å². The Morgan fingerprint density at radius 1 is 1.54 bits per heavy atom. The molecule has 1 rings (SSSR count). The fraction of sp³-hybridized carbons (Fsp3) is 0.700. The summed E-state index contributed by atoms with van der Waals surface area (Å²) in [4.78, 5) is 4.16. The molecule has 0 aliphatic rings. The topological polar surface area (TPSA) is 17.8 Å². The number of hydrogen-bond acceptors (Lipinski definition) is 1. The molecular weight excluding hydrogens is 228 g/mol. The number of aromatic nitrogens is 2.